The van der Waals surface area contributed by atoms with E-state index in [0.29, 0.717) is 16.5 Å². The van der Waals surface area contributed by atoms with Crippen molar-refractivity contribution < 1.29 is 27.8 Å². The average molecular weight is 415 g/mol. The van der Waals surface area contributed by atoms with E-state index in [-0.39, 0.29) is 22.8 Å². The number of aromatic nitrogens is 2. The van der Waals surface area contributed by atoms with Gasteiger partial charge < -0.3 is 15.2 Å². The molecule has 3 aromatic rings. The van der Waals surface area contributed by atoms with Gasteiger partial charge in [0.15, 0.2) is 0 Å². The zero-order valence-corrected chi connectivity index (χ0v) is 15.5. The first kappa shape index (κ1) is 19.8. The minimum Gasteiger partial charge on any atom is -0.508 e. The van der Waals surface area contributed by atoms with Crippen LogP contribution in [0.5, 0.6) is 11.5 Å². The summed E-state index contributed by atoms with van der Waals surface area (Å²) in [5, 5.41) is 22.2. The van der Waals surface area contributed by atoms with E-state index in [9.17, 15) is 23.1 Å². The van der Waals surface area contributed by atoms with Gasteiger partial charge >= 0.3 is 12.1 Å². The van der Waals surface area contributed by atoms with Crippen LogP contribution in [0.4, 0.5) is 13.2 Å². The van der Waals surface area contributed by atoms with Gasteiger partial charge in [0.2, 0.25) is 0 Å². The summed E-state index contributed by atoms with van der Waals surface area (Å²) in [5.41, 5.74) is 2.16. The lowest BCUT2D eigenvalue weighted by molar-refractivity contribution is -0.189. The van der Waals surface area contributed by atoms with Crippen LogP contribution in [0.25, 0.3) is 27.6 Å². The molecule has 0 unspecified atom stereocenters. The molecule has 154 valence electrons. The highest BCUT2D eigenvalue weighted by Gasteiger charge is 2.41. The number of phenols is 1. The van der Waals surface area contributed by atoms with E-state index >= 15 is 0 Å². The maximum atomic E-state index is 12.8. The van der Waals surface area contributed by atoms with Crippen molar-refractivity contribution in [3.05, 3.63) is 54.2 Å². The number of nitrogens with zero attached hydrogens (tertiary/aromatic N) is 2. The molecule has 0 fully saturated rings. The van der Waals surface area contributed by atoms with Crippen LogP contribution >= 0.6 is 0 Å². The van der Waals surface area contributed by atoms with Gasteiger partial charge in [-0.15, -0.1) is 5.10 Å². The summed E-state index contributed by atoms with van der Waals surface area (Å²) in [5.74, 6) is -2.73. The van der Waals surface area contributed by atoms with E-state index in [1.807, 2.05) is 6.08 Å². The number of esters is 1. The van der Waals surface area contributed by atoms with E-state index in [1.54, 1.807) is 24.3 Å². The molecule has 2 N–H and O–H groups in total. The Morgan fingerprint density at radius 3 is 2.47 bits per heavy atom. The molecule has 0 radical (unpaired) electrons. The fourth-order valence-corrected chi connectivity index (χ4v) is 3.21. The Morgan fingerprint density at radius 2 is 1.80 bits per heavy atom. The van der Waals surface area contributed by atoms with Gasteiger partial charge in [0, 0.05) is 12.1 Å². The number of hydrogen-bond donors (Lipinski definition) is 2. The molecule has 0 atom stereocenters. The summed E-state index contributed by atoms with van der Waals surface area (Å²) >= 11 is 0. The van der Waals surface area contributed by atoms with Crippen LogP contribution in [0.3, 0.4) is 0 Å². The van der Waals surface area contributed by atoms with Crippen molar-refractivity contribution >= 4 is 22.3 Å². The zero-order valence-electron chi connectivity index (χ0n) is 15.5. The molecule has 0 aliphatic carbocycles. The first-order valence-electron chi connectivity index (χ1n) is 9.11. The Kier molecular flexibility index (Phi) is 5.13. The number of benzene rings is 2. The van der Waals surface area contributed by atoms with Crippen LogP contribution < -0.4 is 10.1 Å². The van der Waals surface area contributed by atoms with Gasteiger partial charge in [0.05, 0.1) is 11.4 Å². The van der Waals surface area contributed by atoms with Crippen molar-refractivity contribution in [3.8, 4) is 22.8 Å². The molecule has 1 aromatic heterocycles. The Hall–Kier alpha value is -3.46. The van der Waals surface area contributed by atoms with Crippen molar-refractivity contribution in [2.24, 2.45) is 0 Å². The van der Waals surface area contributed by atoms with Crippen LogP contribution in [-0.2, 0) is 4.79 Å². The predicted octanol–water partition coefficient (Wildman–Crippen LogP) is 3.85. The quantitative estimate of drug-likeness (QED) is 0.500. The second kappa shape index (κ2) is 7.75. The third kappa shape index (κ3) is 4.11. The fourth-order valence-electron chi connectivity index (χ4n) is 3.21. The molecule has 2 heterocycles. The van der Waals surface area contributed by atoms with Crippen molar-refractivity contribution in [1.29, 1.82) is 0 Å². The number of fused-ring (bicyclic) bond motifs is 1. The fraction of sp³-hybridized carbons (Fsp3) is 0.190. The summed E-state index contributed by atoms with van der Waals surface area (Å²) < 4.78 is 42.9. The highest BCUT2D eigenvalue weighted by Crippen LogP contribution is 2.36. The molecule has 9 heteroatoms. The van der Waals surface area contributed by atoms with Gasteiger partial charge in [0.25, 0.3) is 0 Å². The summed E-state index contributed by atoms with van der Waals surface area (Å²) in [4.78, 5) is 11.4. The van der Waals surface area contributed by atoms with E-state index in [1.165, 1.54) is 18.2 Å². The number of aromatic hydroxyl groups is 1. The van der Waals surface area contributed by atoms with E-state index in [0.717, 1.165) is 25.1 Å². The predicted molar refractivity (Wildman–Crippen MR) is 104 cm³/mol. The molecule has 0 saturated heterocycles. The van der Waals surface area contributed by atoms with Crippen LogP contribution in [-0.4, -0.2) is 40.5 Å². The highest BCUT2D eigenvalue weighted by atomic mass is 19.4. The maximum absolute atomic E-state index is 12.8. The van der Waals surface area contributed by atoms with Crippen molar-refractivity contribution in [1.82, 2.24) is 15.5 Å². The number of hydrogen-bond acceptors (Lipinski definition) is 6. The lowest BCUT2D eigenvalue weighted by atomic mass is 10.0. The molecule has 4 rings (SSSR count). The summed E-state index contributed by atoms with van der Waals surface area (Å²) in [7, 11) is 0. The Balaban J connectivity index is 1.77. The molecular weight excluding hydrogens is 399 g/mol. The van der Waals surface area contributed by atoms with Crippen LogP contribution in [0.1, 0.15) is 12.1 Å². The van der Waals surface area contributed by atoms with Crippen LogP contribution in [0.2, 0.25) is 0 Å². The second-order valence-electron chi connectivity index (χ2n) is 6.75. The number of rotatable bonds is 3. The number of carbonyl (C=O) groups is 1. The zero-order chi connectivity index (χ0) is 21.3. The molecule has 1 aliphatic rings. The first-order valence-corrected chi connectivity index (χ1v) is 9.11. The number of carbonyl (C=O) groups excluding carboxylic acids is 1. The lowest BCUT2D eigenvalue weighted by Crippen LogP contribution is -2.28. The molecule has 2 aromatic carbocycles. The smallest absolute Gasteiger partial charge is 0.491 e. The van der Waals surface area contributed by atoms with Crippen molar-refractivity contribution in [2.45, 2.75) is 12.6 Å². The van der Waals surface area contributed by atoms with Crippen molar-refractivity contribution in [2.75, 3.05) is 13.1 Å². The molecule has 0 bridgehead atoms. The molecule has 6 nitrogen and oxygen atoms in total. The van der Waals surface area contributed by atoms with Gasteiger partial charge in [-0.2, -0.15) is 18.3 Å². The van der Waals surface area contributed by atoms with Gasteiger partial charge in [-0.05, 0) is 65.7 Å². The highest BCUT2D eigenvalue weighted by molar-refractivity contribution is 5.92. The van der Waals surface area contributed by atoms with Crippen molar-refractivity contribution in [3.63, 3.8) is 0 Å². The van der Waals surface area contributed by atoms with Gasteiger partial charge in [-0.3, -0.25) is 0 Å². The molecule has 30 heavy (non-hydrogen) atoms. The average Bonchev–Trinajstić information content (AvgIpc) is 2.73. The van der Waals surface area contributed by atoms with Gasteiger partial charge in [-0.25, -0.2) is 4.79 Å². The minimum atomic E-state index is -5.15. The molecule has 0 spiro atoms. The lowest BCUT2D eigenvalue weighted by Gasteiger charge is -2.14. The number of phenolic OH excluding ortho intramolecular Hbond substituents is 1. The van der Waals surface area contributed by atoms with E-state index in [2.05, 4.69) is 20.3 Å². The number of alkyl halides is 3. The summed E-state index contributed by atoms with van der Waals surface area (Å²) in [6.07, 6.45) is -2.35. The van der Waals surface area contributed by atoms with Crippen LogP contribution in [0, 0.1) is 0 Å². The monoisotopic (exact) mass is 415 g/mol. The molecule has 0 saturated carbocycles. The Morgan fingerprint density at radius 1 is 1.03 bits per heavy atom. The van der Waals surface area contributed by atoms with Gasteiger partial charge in [0.1, 0.15) is 11.5 Å². The number of ether oxygens (including phenoxy) is 1. The molecular formula is C21H16F3N3O3. The molecule has 0 amide bonds. The number of nitrogens with one attached hydrogen (secondary N) is 1. The number of halogens is 3. The maximum Gasteiger partial charge on any atom is 0.491 e. The standard InChI is InChI=1S/C21H16F3N3O3/c22-21(23,24)20(29)30-19-11-14-9-15(28)2-1-13(14)10-16(19)18-4-3-17(26-27-18)12-5-7-25-8-6-12/h1-5,9-11,25,28H,6-8H2. The second-order valence-corrected chi connectivity index (χ2v) is 6.75. The molecule has 1 aliphatic heterocycles. The summed E-state index contributed by atoms with van der Waals surface area (Å²) in [6, 6.07) is 10.6. The topological polar surface area (TPSA) is 84.3 Å². The van der Waals surface area contributed by atoms with E-state index in [4.69, 9.17) is 0 Å². The third-order valence-electron chi connectivity index (χ3n) is 4.69. The summed E-state index contributed by atoms with van der Waals surface area (Å²) in [6.45, 7) is 1.55. The Bertz CT molecular complexity index is 1140. The Labute approximate surface area is 169 Å². The largest absolute Gasteiger partial charge is 0.508 e. The van der Waals surface area contributed by atoms with Gasteiger partial charge in [-0.1, -0.05) is 12.1 Å². The minimum absolute atomic E-state index is 0.0669. The third-order valence-corrected chi connectivity index (χ3v) is 4.69. The normalized spacial score (nSPS) is 14.4. The SMILES string of the molecule is O=C(Oc1cc2cc(O)ccc2cc1-c1ccc(C2=CCNCC2)nn1)C(F)(F)F. The van der Waals surface area contributed by atoms with Crippen LogP contribution in [0.15, 0.2) is 48.5 Å². The first-order chi connectivity index (χ1) is 14.3. The van der Waals surface area contributed by atoms with E-state index < -0.39 is 12.1 Å².